The van der Waals surface area contributed by atoms with E-state index in [4.69, 9.17) is 26.2 Å². The Morgan fingerprint density at radius 3 is 2.49 bits per heavy atom. The van der Waals surface area contributed by atoms with Crippen molar-refractivity contribution in [3.8, 4) is 0 Å². The van der Waals surface area contributed by atoms with Crippen molar-refractivity contribution in [2.45, 2.75) is 56.9 Å². The van der Waals surface area contributed by atoms with Crippen LogP contribution in [0.1, 0.15) is 60.1 Å². The molecule has 1 unspecified atom stereocenters. The number of hydrogen-bond donors (Lipinski definition) is 2. The first-order valence-corrected chi connectivity index (χ1v) is 12.6. The van der Waals surface area contributed by atoms with Crippen molar-refractivity contribution in [1.29, 1.82) is 0 Å². The van der Waals surface area contributed by atoms with Crippen LogP contribution in [-0.4, -0.2) is 59.8 Å². The Hall–Kier alpha value is -2.45. The molecule has 0 radical (unpaired) electrons. The fraction of sp³-hybridized carbons (Fsp3) is 0.481. The summed E-state index contributed by atoms with van der Waals surface area (Å²) in [6, 6.07) is 14.1. The Bertz CT molecular complexity index is 1010. The van der Waals surface area contributed by atoms with Crippen LogP contribution in [0.5, 0.6) is 0 Å². The van der Waals surface area contributed by atoms with E-state index in [0.29, 0.717) is 37.7 Å². The van der Waals surface area contributed by atoms with Gasteiger partial charge in [-0.25, -0.2) is 4.79 Å². The van der Waals surface area contributed by atoms with Crippen LogP contribution < -0.4 is 5.32 Å². The van der Waals surface area contributed by atoms with Gasteiger partial charge in [-0.2, -0.15) is 0 Å². The third-order valence-corrected chi connectivity index (χ3v) is 7.40. The van der Waals surface area contributed by atoms with Crippen LogP contribution in [0.25, 0.3) is 0 Å². The molecule has 0 saturated carbocycles. The minimum Gasteiger partial charge on any atom is -0.478 e. The summed E-state index contributed by atoms with van der Waals surface area (Å²) in [5, 5.41) is 13.0. The number of piperidine rings is 1. The monoisotopic (exact) mass is 500 g/mol. The van der Waals surface area contributed by atoms with Crippen LogP contribution in [0.2, 0.25) is 5.02 Å². The van der Waals surface area contributed by atoms with Gasteiger partial charge in [-0.1, -0.05) is 35.9 Å². The fourth-order valence-corrected chi connectivity index (χ4v) is 5.23. The maximum atomic E-state index is 13.7. The highest BCUT2D eigenvalue weighted by atomic mass is 35.5. The zero-order valence-electron chi connectivity index (χ0n) is 20.0. The SMILES string of the molecule is CC(NC(=O)C1(N2CCC(OCc3cccc(Cl)c3)CC2)CCOCC1)c1ccc(C(=O)O)cc1. The summed E-state index contributed by atoms with van der Waals surface area (Å²) in [4.78, 5) is 27.1. The van der Waals surface area contributed by atoms with Crippen LogP contribution >= 0.6 is 11.6 Å². The molecule has 188 valence electrons. The van der Waals surface area contributed by atoms with Crippen LogP contribution in [-0.2, 0) is 20.9 Å². The predicted octanol–water partition coefficient (Wildman–Crippen LogP) is 4.45. The van der Waals surface area contributed by atoms with Crippen LogP contribution in [0.3, 0.4) is 0 Å². The van der Waals surface area contributed by atoms with Crippen molar-refractivity contribution in [2.24, 2.45) is 0 Å². The lowest BCUT2D eigenvalue weighted by Crippen LogP contribution is -2.63. The molecule has 0 spiro atoms. The fourth-order valence-electron chi connectivity index (χ4n) is 5.02. The molecule has 1 amide bonds. The van der Waals surface area contributed by atoms with Gasteiger partial charge in [-0.3, -0.25) is 9.69 Å². The second kappa shape index (κ2) is 11.5. The summed E-state index contributed by atoms with van der Waals surface area (Å²) in [6.45, 7) is 5.14. The first-order chi connectivity index (χ1) is 16.9. The Morgan fingerprint density at radius 1 is 1.17 bits per heavy atom. The second-order valence-corrected chi connectivity index (χ2v) is 9.83. The minimum atomic E-state index is -0.964. The molecule has 2 fully saturated rings. The minimum absolute atomic E-state index is 0.00825. The average Bonchev–Trinajstić information content (AvgIpc) is 2.88. The summed E-state index contributed by atoms with van der Waals surface area (Å²) in [5.41, 5.74) is 1.56. The molecule has 0 aromatic heterocycles. The summed E-state index contributed by atoms with van der Waals surface area (Å²) in [5.74, 6) is -0.955. The predicted molar refractivity (Wildman–Crippen MR) is 134 cm³/mol. The molecule has 2 heterocycles. The first kappa shape index (κ1) is 25.6. The lowest BCUT2D eigenvalue weighted by atomic mass is 9.84. The number of ether oxygens (including phenoxy) is 2. The summed E-state index contributed by atoms with van der Waals surface area (Å²) >= 11 is 6.08. The summed E-state index contributed by atoms with van der Waals surface area (Å²) in [7, 11) is 0. The number of carbonyl (C=O) groups excluding carboxylic acids is 1. The van der Waals surface area contributed by atoms with Gasteiger partial charge in [0.05, 0.1) is 24.3 Å². The smallest absolute Gasteiger partial charge is 0.335 e. The van der Waals surface area contributed by atoms with Crippen molar-refractivity contribution < 1.29 is 24.2 Å². The molecule has 2 saturated heterocycles. The average molecular weight is 501 g/mol. The molecule has 4 rings (SSSR count). The van der Waals surface area contributed by atoms with Crippen molar-refractivity contribution in [3.05, 3.63) is 70.2 Å². The second-order valence-electron chi connectivity index (χ2n) is 9.39. The molecule has 7 nitrogen and oxygen atoms in total. The van der Waals surface area contributed by atoms with E-state index in [1.54, 1.807) is 24.3 Å². The number of carbonyl (C=O) groups is 2. The van der Waals surface area contributed by atoms with Gasteiger partial charge in [-0.15, -0.1) is 0 Å². The molecule has 8 heteroatoms. The van der Waals surface area contributed by atoms with E-state index >= 15 is 0 Å². The summed E-state index contributed by atoms with van der Waals surface area (Å²) in [6.07, 6.45) is 3.18. The highest BCUT2D eigenvalue weighted by Crippen LogP contribution is 2.33. The molecule has 0 aliphatic carbocycles. The van der Waals surface area contributed by atoms with Gasteiger partial charge in [0.25, 0.3) is 0 Å². The molecule has 35 heavy (non-hydrogen) atoms. The molecule has 2 aliphatic rings. The molecule has 2 aromatic rings. The lowest BCUT2D eigenvalue weighted by Gasteiger charge is -2.48. The number of carboxylic acids is 1. The quantitative estimate of drug-likeness (QED) is 0.557. The van der Waals surface area contributed by atoms with Gasteiger partial charge in [-0.05, 0) is 68.0 Å². The lowest BCUT2D eigenvalue weighted by molar-refractivity contribution is -0.145. The van der Waals surface area contributed by atoms with Crippen molar-refractivity contribution in [1.82, 2.24) is 10.2 Å². The number of carboxylic acid groups (broad SMARTS) is 1. The van der Waals surface area contributed by atoms with E-state index < -0.39 is 11.5 Å². The number of benzene rings is 2. The van der Waals surface area contributed by atoms with E-state index in [1.165, 1.54) is 0 Å². The number of halogens is 1. The van der Waals surface area contributed by atoms with Crippen molar-refractivity contribution in [2.75, 3.05) is 26.3 Å². The van der Waals surface area contributed by atoms with Gasteiger partial charge in [0, 0.05) is 31.3 Å². The third-order valence-electron chi connectivity index (χ3n) is 7.17. The van der Waals surface area contributed by atoms with Gasteiger partial charge in [0.2, 0.25) is 5.91 Å². The highest BCUT2D eigenvalue weighted by Gasteiger charge is 2.46. The normalized spacial score (nSPS) is 19.7. The number of nitrogens with zero attached hydrogens (tertiary/aromatic N) is 1. The van der Waals surface area contributed by atoms with E-state index in [9.17, 15) is 9.59 Å². The largest absolute Gasteiger partial charge is 0.478 e. The maximum absolute atomic E-state index is 13.7. The number of amides is 1. The van der Waals surface area contributed by atoms with Gasteiger partial charge >= 0.3 is 5.97 Å². The number of aromatic carboxylic acids is 1. The van der Waals surface area contributed by atoms with Gasteiger partial charge in [0.1, 0.15) is 5.54 Å². The Labute approximate surface area is 211 Å². The van der Waals surface area contributed by atoms with Gasteiger partial charge in [0.15, 0.2) is 0 Å². The van der Waals surface area contributed by atoms with Crippen LogP contribution in [0, 0.1) is 0 Å². The molecule has 1 atom stereocenters. The van der Waals surface area contributed by atoms with E-state index in [-0.39, 0.29) is 23.6 Å². The number of nitrogens with one attached hydrogen (secondary N) is 1. The number of likely N-dealkylation sites (tertiary alicyclic amines) is 1. The Morgan fingerprint density at radius 2 is 1.86 bits per heavy atom. The Balaban J connectivity index is 1.37. The molecular formula is C27H33ClN2O5. The first-order valence-electron chi connectivity index (χ1n) is 12.2. The zero-order chi connectivity index (χ0) is 24.8. The van der Waals surface area contributed by atoms with Crippen LogP contribution in [0.15, 0.2) is 48.5 Å². The molecule has 2 aromatic carbocycles. The standard InChI is InChI=1S/C27H33ClN2O5/c1-19(21-5-7-22(8-6-21)25(31)32)29-26(33)27(11-15-34-16-12-27)30-13-9-24(10-14-30)35-18-20-3-2-4-23(28)17-20/h2-8,17,19,24H,9-16,18H2,1H3,(H,29,33)(H,31,32). The third kappa shape index (κ3) is 6.22. The van der Waals surface area contributed by atoms with Gasteiger partial charge < -0.3 is 19.9 Å². The molecule has 2 N–H and O–H groups in total. The van der Waals surface area contributed by atoms with Crippen molar-refractivity contribution in [3.63, 3.8) is 0 Å². The molecule has 2 aliphatic heterocycles. The topological polar surface area (TPSA) is 88.1 Å². The maximum Gasteiger partial charge on any atom is 0.335 e. The van der Waals surface area contributed by atoms with Crippen molar-refractivity contribution >= 4 is 23.5 Å². The molecule has 0 bridgehead atoms. The number of rotatable bonds is 8. The van der Waals surface area contributed by atoms with E-state index in [0.717, 1.165) is 37.1 Å². The van der Waals surface area contributed by atoms with E-state index in [2.05, 4.69) is 10.2 Å². The van der Waals surface area contributed by atoms with Crippen LogP contribution in [0.4, 0.5) is 0 Å². The highest BCUT2D eigenvalue weighted by molar-refractivity contribution is 6.30. The van der Waals surface area contributed by atoms with E-state index in [1.807, 2.05) is 31.2 Å². The summed E-state index contributed by atoms with van der Waals surface area (Å²) < 4.78 is 11.8. The number of hydrogen-bond acceptors (Lipinski definition) is 5. The Kier molecular flexibility index (Phi) is 8.44. The zero-order valence-corrected chi connectivity index (χ0v) is 20.8. The molecular weight excluding hydrogens is 468 g/mol.